The van der Waals surface area contributed by atoms with Crippen LogP contribution in [0.1, 0.15) is 17.3 Å². The van der Waals surface area contributed by atoms with Gasteiger partial charge in [0.1, 0.15) is 18.3 Å². The summed E-state index contributed by atoms with van der Waals surface area (Å²) in [6, 6.07) is 7.81. The van der Waals surface area contributed by atoms with Crippen LogP contribution in [0.2, 0.25) is 0 Å². The van der Waals surface area contributed by atoms with Crippen molar-refractivity contribution in [3.05, 3.63) is 35.9 Å². The molecular weight excluding hydrogens is 280 g/mol. The van der Waals surface area contributed by atoms with Crippen molar-refractivity contribution in [1.82, 2.24) is 0 Å². The second-order valence-electron chi connectivity index (χ2n) is 4.53. The summed E-state index contributed by atoms with van der Waals surface area (Å²) in [6.07, 6.45) is -6.98. The Morgan fingerprint density at radius 1 is 1.10 bits per heavy atom. The fourth-order valence-electron chi connectivity index (χ4n) is 1.67. The van der Waals surface area contributed by atoms with Crippen LogP contribution in [-0.2, 0) is 9.53 Å². The van der Waals surface area contributed by atoms with Gasteiger partial charge in [0.2, 0.25) is 0 Å². The molecule has 1 aromatic carbocycles. The highest BCUT2D eigenvalue weighted by molar-refractivity contribution is 5.92. The highest BCUT2D eigenvalue weighted by Crippen LogP contribution is 2.12. The summed E-state index contributed by atoms with van der Waals surface area (Å²) in [4.78, 5) is 23.3. The van der Waals surface area contributed by atoms with Gasteiger partial charge in [-0.1, -0.05) is 18.2 Å². The average molecular weight is 298 g/mol. The number of aliphatic hydroxyl groups is 4. The van der Waals surface area contributed by atoms with Gasteiger partial charge in [0.05, 0.1) is 12.2 Å². The van der Waals surface area contributed by atoms with E-state index in [4.69, 9.17) is 9.84 Å². The van der Waals surface area contributed by atoms with Crippen LogP contribution < -0.4 is 0 Å². The minimum atomic E-state index is -1.85. The normalized spacial score (nSPS) is 16.6. The Kier molecular flexibility index (Phi) is 6.44. The van der Waals surface area contributed by atoms with Crippen molar-refractivity contribution in [2.45, 2.75) is 31.3 Å². The zero-order chi connectivity index (χ0) is 16.0. The lowest BCUT2D eigenvalue weighted by Crippen LogP contribution is -2.49. The van der Waals surface area contributed by atoms with Crippen molar-refractivity contribution < 1.29 is 34.8 Å². The van der Waals surface area contributed by atoms with E-state index in [-0.39, 0.29) is 5.56 Å². The number of hydrogen-bond acceptors (Lipinski definition) is 7. The van der Waals surface area contributed by atoms with Crippen molar-refractivity contribution in [2.24, 2.45) is 0 Å². The molecule has 0 aromatic heterocycles. The van der Waals surface area contributed by atoms with Crippen LogP contribution in [0, 0.1) is 0 Å². The van der Waals surface area contributed by atoms with Crippen molar-refractivity contribution in [2.75, 3.05) is 6.61 Å². The number of ketones is 1. The summed E-state index contributed by atoms with van der Waals surface area (Å²) < 4.78 is 4.88. The van der Waals surface area contributed by atoms with Gasteiger partial charge < -0.3 is 25.2 Å². The lowest BCUT2D eigenvalue weighted by molar-refractivity contribution is -0.146. The summed E-state index contributed by atoms with van der Waals surface area (Å²) in [6.45, 7) is 0.264. The number of rotatable bonds is 7. The Morgan fingerprint density at radius 3 is 2.14 bits per heavy atom. The van der Waals surface area contributed by atoms with Crippen molar-refractivity contribution in [3.63, 3.8) is 0 Å². The summed E-state index contributed by atoms with van der Waals surface area (Å²) >= 11 is 0. The maximum atomic E-state index is 11.8. The Morgan fingerprint density at radius 2 is 1.67 bits per heavy atom. The number of ether oxygens (including phenoxy) is 1. The molecule has 7 heteroatoms. The highest BCUT2D eigenvalue weighted by Gasteiger charge is 2.36. The lowest BCUT2D eigenvalue weighted by Gasteiger charge is -2.27. The summed E-state index contributed by atoms with van der Waals surface area (Å²) in [5.41, 5.74) is 0.174. The third kappa shape index (κ3) is 4.61. The van der Waals surface area contributed by atoms with Gasteiger partial charge in [-0.15, -0.1) is 0 Å². The Bertz CT molecular complexity index is 473. The quantitative estimate of drug-likeness (QED) is 0.470. The first kappa shape index (κ1) is 17.3. The van der Waals surface area contributed by atoms with E-state index in [1.807, 2.05) is 0 Å². The van der Waals surface area contributed by atoms with Crippen molar-refractivity contribution in [1.29, 1.82) is 0 Å². The van der Waals surface area contributed by atoms with Crippen LogP contribution in [0.4, 0.5) is 0 Å². The largest absolute Gasteiger partial charge is 0.448 e. The van der Waals surface area contributed by atoms with Gasteiger partial charge in [-0.3, -0.25) is 4.79 Å². The summed E-state index contributed by atoms with van der Waals surface area (Å²) in [5.74, 6) is -1.54. The maximum absolute atomic E-state index is 11.8. The molecule has 0 heterocycles. The monoisotopic (exact) mass is 298 g/mol. The zero-order valence-electron chi connectivity index (χ0n) is 11.4. The van der Waals surface area contributed by atoms with E-state index in [0.29, 0.717) is 0 Å². The lowest BCUT2D eigenvalue weighted by atomic mass is 10.0. The van der Waals surface area contributed by atoms with Gasteiger partial charge in [0.25, 0.3) is 0 Å². The molecule has 4 N–H and O–H groups in total. The molecule has 0 aliphatic heterocycles. The number of carbonyl (C=O) groups excluding carboxylic acids is 2. The molecule has 0 bridgehead atoms. The summed E-state index contributed by atoms with van der Waals surface area (Å²) in [5, 5.41) is 37.4. The SMILES string of the molecule is CC(=O)[C@H](OC(=O)c1ccccc1)[C@@H](O)[C@H](O)[C@H](O)CO. The second kappa shape index (κ2) is 7.84. The van der Waals surface area contributed by atoms with Crippen LogP contribution in [0.25, 0.3) is 0 Å². The first-order valence-corrected chi connectivity index (χ1v) is 6.30. The van der Waals surface area contributed by atoms with Crippen LogP contribution in [-0.4, -0.2) is 63.2 Å². The number of hydrogen-bond donors (Lipinski definition) is 4. The van der Waals surface area contributed by atoms with Crippen LogP contribution in [0.15, 0.2) is 30.3 Å². The fourth-order valence-corrected chi connectivity index (χ4v) is 1.67. The third-order valence-electron chi connectivity index (χ3n) is 2.89. The van der Waals surface area contributed by atoms with Gasteiger partial charge in [-0.2, -0.15) is 0 Å². The predicted molar refractivity (Wildman–Crippen MR) is 71.4 cm³/mol. The molecule has 0 aliphatic rings. The summed E-state index contributed by atoms with van der Waals surface area (Å²) in [7, 11) is 0. The van der Waals surface area contributed by atoms with Gasteiger partial charge in [0, 0.05) is 0 Å². The Balaban J connectivity index is 2.83. The van der Waals surface area contributed by atoms with E-state index in [0.717, 1.165) is 6.92 Å². The first-order chi connectivity index (χ1) is 9.88. The molecule has 0 amide bonds. The smallest absolute Gasteiger partial charge is 0.338 e. The molecule has 7 nitrogen and oxygen atoms in total. The van der Waals surface area contributed by atoms with E-state index in [1.54, 1.807) is 18.2 Å². The van der Waals surface area contributed by atoms with Crippen molar-refractivity contribution >= 4 is 11.8 Å². The topological polar surface area (TPSA) is 124 Å². The second-order valence-corrected chi connectivity index (χ2v) is 4.53. The van der Waals surface area contributed by atoms with Gasteiger partial charge >= 0.3 is 5.97 Å². The van der Waals surface area contributed by atoms with Crippen LogP contribution in [0.5, 0.6) is 0 Å². The minimum Gasteiger partial charge on any atom is -0.448 e. The minimum absolute atomic E-state index is 0.174. The zero-order valence-corrected chi connectivity index (χ0v) is 11.4. The van der Waals surface area contributed by atoms with Gasteiger partial charge in [-0.25, -0.2) is 4.79 Å². The molecule has 0 radical (unpaired) electrons. The predicted octanol–water partition coefficient (Wildman–Crippen LogP) is -1.12. The van der Waals surface area contributed by atoms with E-state index in [1.165, 1.54) is 12.1 Å². The molecule has 116 valence electrons. The third-order valence-corrected chi connectivity index (χ3v) is 2.89. The fraction of sp³-hybridized carbons (Fsp3) is 0.429. The Labute approximate surface area is 121 Å². The van der Waals surface area contributed by atoms with E-state index >= 15 is 0 Å². The van der Waals surface area contributed by atoms with Crippen LogP contribution >= 0.6 is 0 Å². The molecular formula is C14H18O7. The number of carbonyl (C=O) groups is 2. The van der Waals surface area contributed by atoms with E-state index < -0.39 is 42.8 Å². The van der Waals surface area contributed by atoms with Gasteiger partial charge in [-0.05, 0) is 19.1 Å². The van der Waals surface area contributed by atoms with Crippen molar-refractivity contribution in [3.8, 4) is 0 Å². The van der Waals surface area contributed by atoms with E-state index in [9.17, 15) is 24.9 Å². The van der Waals surface area contributed by atoms with Crippen LogP contribution in [0.3, 0.4) is 0 Å². The molecule has 0 saturated carbocycles. The molecule has 0 saturated heterocycles. The Hall–Kier alpha value is -1.80. The molecule has 4 atom stereocenters. The van der Waals surface area contributed by atoms with E-state index in [2.05, 4.69) is 0 Å². The standard InChI is InChI=1S/C14H18O7/c1-8(16)13(12(19)11(18)10(17)7-15)21-14(20)9-5-3-2-4-6-9/h2-6,10-13,15,17-19H,7H2,1H3/t10-,11-,12+,13+/m1/s1. The number of aliphatic hydroxyl groups excluding tert-OH is 4. The molecule has 1 rings (SSSR count). The molecule has 0 aliphatic carbocycles. The number of Topliss-reactive ketones (excluding diaryl/α,β-unsaturated/α-hetero) is 1. The molecule has 0 fully saturated rings. The molecule has 1 aromatic rings. The first-order valence-electron chi connectivity index (χ1n) is 6.30. The highest BCUT2D eigenvalue weighted by atomic mass is 16.6. The number of esters is 1. The van der Waals surface area contributed by atoms with Gasteiger partial charge in [0.15, 0.2) is 11.9 Å². The number of benzene rings is 1. The molecule has 0 spiro atoms. The molecule has 0 unspecified atom stereocenters. The maximum Gasteiger partial charge on any atom is 0.338 e. The molecule has 21 heavy (non-hydrogen) atoms. The average Bonchev–Trinajstić information content (AvgIpc) is 2.50.